The molecule has 4 rings (SSSR count). The molecule has 3 amide bonds. The molecule has 1 saturated carbocycles. The van der Waals surface area contributed by atoms with Gasteiger partial charge in [-0.2, -0.15) is 5.10 Å². The predicted molar refractivity (Wildman–Crippen MR) is 151 cm³/mol. The van der Waals surface area contributed by atoms with E-state index in [0.29, 0.717) is 37.1 Å². The maximum absolute atomic E-state index is 13.9. The molecule has 1 N–H and O–H groups in total. The Balaban J connectivity index is 1.56. The van der Waals surface area contributed by atoms with Crippen molar-refractivity contribution in [2.45, 2.75) is 117 Å². The van der Waals surface area contributed by atoms with Gasteiger partial charge >= 0.3 is 12.2 Å². The molecule has 2 aromatic rings. The van der Waals surface area contributed by atoms with Crippen LogP contribution in [0, 0.1) is 11.3 Å². The third kappa shape index (κ3) is 7.74. The number of amides is 3. The van der Waals surface area contributed by atoms with Crippen LogP contribution in [-0.2, 0) is 20.7 Å². The fourth-order valence-electron chi connectivity index (χ4n) is 5.71. The van der Waals surface area contributed by atoms with Gasteiger partial charge in [-0.15, -0.1) is 0 Å². The van der Waals surface area contributed by atoms with Gasteiger partial charge < -0.3 is 14.8 Å². The zero-order valence-corrected chi connectivity index (χ0v) is 25.6. The molecule has 0 bridgehead atoms. The normalized spacial score (nSPS) is 22.6. The Morgan fingerprint density at radius 1 is 1.10 bits per heavy atom. The molecule has 2 aromatic heterocycles. The van der Waals surface area contributed by atoms with Crippen molar-refractivity contribution in [2.75, 3.05) is 6.54 Å². The number of carbonyl (C=O) groups is 3. The highest BCUT2D eigenvalue weighted by atomic mass is 19.3. The Morgan fingerprint density at radius 2 is 1.74 bits per heavy atom. The van der Waals surface area contributed by atoms with Crippen LogP contribution in [0.25, 0.3) is 5.65 Å². The lowest BCUT2D eigenvalue weighted by molar-refractivity contribution is -0.144. The highest BCUT2D eigenvalue weighted by Gasteiger charge is 2.44. The molecule has 1 aliphatic carbocycles. The Kier molecular flexibility index (Phi) is 8.59. The monoisotopic (exact) mass is 591 g/mol. The molecule has 0 spiro atoms. The molecule has 10 nitrogen and oxygen atoms in total. The number of alkyl carbamates (subject to hydrolysis) is 1. The lowest BCUT2D eigenvalue weighted by Crippen LogP contribution is -2.52. The van der Waals surface area contributed by atoms with Crippen molar-refractivity contribution in [1.29, 1.82) is 0 Å². The number of hydrogen-bond acceptors (Lipinski definition) is 7. The van der Waals surface area contributed by atoms with Crippen LogP contribution in [0.1, 0.15) is 104 Å². The van der Waals surface area contributed by atoms with E-state index < -0.39 is 40.8 Å². The fraction of sp³-hybridized carbons (Fsp3) is 0.700. The number of aromatic nitrogens is 3. The summed E-state index contributed by atoms with van der Waals surface area (Å²) in [6.07, 6.45) is 3.60. The average Bonchev–Trinajstić information content (AvgIpc) is 3.25. The number of likely N-dealkylation sites (tertiary alicyclic amines) is 1. The van der Waals surface area contributed by atoms with Crippen LogP contribution >= 0.6 is 0 Å². The number of halogens is 2. The van der Waals surface area contributed by atoms with E-state index in [4.69, 9.17) is 14.5 Å². The van der Waals surface area contributed by atoms with Crippen molar-refractivity contribution < 1.29 is 32.6 Å². The van der Waals surface area contributed by atoms with Crippen LogP contribution < -0.4 is 5.32 Å². The lowest BCUT2D eigenvalue weighted by Gasteiger charge is -2.38. The third-order valence-electron chi connectivity index (χ3n) is 7.70. The number of alkyl halides is 2. The van der Waals surface area contributed by atoms with Gasteiger partial charge in [-0.25, -0.2) is 32.8 Å². The van der Waals surface area contributed by atoms with Crippen molar-refractivity contribution in [3.63, 3.8) is 0 Å². The highest BCUT2D eigenvalue weighted by molar-refractivity contribution is 5.96. The van der Waals surface area contributed by atoms with Gasteiger partial charge in [0.25, 0.3) is 0 Å². The molecule has 1 saturated heterocycles. The molecule has 232 valence electrons. The molecular formula is C30H43F2N5O5. The number of ether oxygens (including phenoxy) is 2. The molecular weight excluding hydrogens is 548 g/mol. The number of piperidine rings is 1. The van der Waals surface area contributed by atoms with Gasteiger partial charge in [0.2, 0.25) is 11.8 Å². The molecule has 2 fully saturated rings. The van der Waals surface area contributed by atoms with Gasteiger partial charge in [0.05, 0.1) is 29.5 Å². The minimum Gasteiger partial charge on any atom is -0.444 e. The van der Waals surface area contributed by atoms with E-state index >= 15 is 0 Å². The molecule has 12 heteroatoms. The number of nitrogens with one attached hydrogen (secondary N) is 1. The highest BCUT2D eigenvalue weighted by Crippen LogP contribution is 2.41. The molecule has 2 aliphatic rings. The predicted octanol–water partition coefficient (Wildman–Crippen LogP) is 6.23. The Morgan fingerprint density at radius 3 is 2.36 bits per heavy atom. The second kappa shape index (κ2) is 11.4. The maximum atomic E-state index is 13.9. The first kappa shape index (κ1) is 31.6. The molecule has 2 atom stereocenters. The second-order valence-corrected chi connectivity index (χ2v) is 13.9. The number of hydrogen-bond donors (Lipinski definition) is 1. The molecule has 1 unspecified atom stereocenters. The van der Waals surface area contributed by atoms with E-state index in [-0.39, 0.29) is 37.5 Å². The summed E-state index contributed by atoms with van der Waals surface area (Å²) in [4.78, 5) is 44.8. The van der Waals surface area contributed by atoms with Gasteiger partial charge in [-0.05, 0) is 91.2 Å². The van der Waals surface area contributed by atoms with Gasteiger partial charge in [0.15, 0.2) is 5.65 Å². The van der Waals surface area contributed by atoms with E-state index in [9.17, 15) is 23.2 Å². The average molecular weight is 592 g/mol. The summed E-state index contributed by atoms with van der Waals surface area (Å²) in [5.74, 6) is -3.25. The van der Waals surface area contributed by atoms with Crippen LogP contribution in [-0.4, -0.2) is 61.3 Å². The van der Waals surface area contributed by atoms with Gasteiger partial charge in [-0.1, -0.05) is 6.92 Å². The summed E-state index contributed by atoms with van der Waals surface area (Å²) in [6.45, 7) is 12.7. The van der Waals surface area contributed by atoms with Crippen LogP contribution in [0.15, 0.2) is 18.5 Å². The zero-order chi connectivity index (χ0) is 31.1. The summed E-state index contributed by atoms with van der Waals surface area (Å²) in [5.41, 5.74) is -0.524. The first-order valence-electron chi connectivity index (χ1n) is 14.6. The van der Waals surface area contributed by atoms with Crippen LogP contribution in [0.4, 0.5) is 18.4 Å². The summed E-state index contributed by atoms with van der Waals surface area (Å²) >= 11 is 0. The summed E-state index contributed by atoms with van der Waals surface area (Å²) in [6, 6.07) is 1.18. The number of imidazole rings is 1. The van der Waals surface area contributed by atoms with Gasteiger partial charge in [-0.3, -0.25) is 4.79 Å². The Bertz CT molecular complexity index is 1320. The minimum absolute atomic E-state index is 0.231. The number of carbonyl (C=O) groups excluding carboxylic acids is 3. The number of rotatable bonds is 5. The second-order valence-electron chi connectivity index (χ2n) is 13.9. The van der Waals surface area contributed by atoms with Crippen LogP contribution in [0.3, 0.4) is 0 Å². The molecule has 0 radical (unpaired) electrons. The quantitative estimate of drug-likeness (QED) is 0.439. The number of imide groups is 1. The zero-order valence-electron chi connectivity index (χ0n) is 25.6. The van der Waals surface area contributed by atoms with Crippen molar-refractivity contribution in [1.82, 2.24) is 24.8 Å². The fourth-order valence-corrected chi connectivity index (χ4v) is 5.71. The number of fused-ring (bicyclic) bond motifs is 1. The molecule has 0 aromatic carbocycles. The third-order valence-corrected chi connectivity index (χ3v) is 7.70. The van der Waals surface area contributed by atoms with Crippen molar-refractivity contribution in [2.24, 2.45) is 11.3 Å². The Labute approximate surface area is 245 Å². The van der Waals surface area contributed by atoms with Crippen molar-refractivity contribution >= 4 is 23.7 Å². The van der Waals surface area contributed by atoms with E-state index in [0.717, 1.165) is 5.56 Å². The summed E-state index contributed by atoms with van der Waals surface area (Å²) in [7, 11) is 0. The Hall–Kier alpha value is -3.31. The maximum Gasteiger partial charge on any atom is 0.417 e. The first-order valence-corrected chi connectivity index (χ1v) is 14.6. The molecule has 3 heterocycles. The first-order chi connectivity index (χ1) is 19.3. The standard InChI is InChI=1S/C30H43F2N5O5/c1-27(2,3)41-25(39)35-23(20-9-12-30(31,32)13-10-20)21-18-37-22(34-21)15-19(17-33-37)16-29(7)11-8-14-36(24(29)38)26(40)42-28(4,5)6/h15,17-18,20,23H,8-14,16H2,1-7H3,(H,35,39)/t23-,29?/m0/s1. The molecule has 42 heavy (non-hydrogen) atoms. The van der Waals surface area contributed by atoms with Crippen molar-refractivity contribution in [3.8, 4) is 0 Å². The van der Waals surface area contributed by atoms with E-state index in [1.54, 1.807) is 58.5 Å². The SMILES string of the molecule is CC(C)(C)OC(=O)N[C@H](c1cn2ncc(CC3(C)CCCN(C(=O)OC(C)(C)C)C3=O)cc2n1)C1CCC(F)(F)CC1. The van der Waals surface area contributed by atoms with E-state index in [1.807, 2.05) is 13.0 Å². The van der Waals surface area contributed by atoms with Gasteiger partial charge in [0.1, 0.15) is 11.2 Å². The van der Waals surface area contributed by atoms with Gasteiger partial charge in [0, 0.05) is 19.4 Å². The van der Waals surface area contributed by atoms with E-state index in [1.165, 1.54) is 4.90 Å². The van der Waals surface area contributed by atoms with E-state index in [2.05, 4.69) is 10.4 Å². The number of nitrogens with zero attached hydrogens (tertiary/aromatic N) is 4. The van der Waals surface area contributed by atoms with Crippen LogP contribution in [0.5, 0.6) is 0 Å². The smallest absolute Gasteiger partial charge is 0.417 e. The van der Waals surface area contributed by atoms with Crippen LogP contribution in [0.2, 0.25) is 0 Å². The lowest BCUT2D eigenvalue weighted by atomic mass is 9.76. The summed E-state index contributed by atoms with van der Waals surface area (Å²) in [5, 5.41) is 7.36. The minimum atomic E-state index is -2.71. The van der Waals surface area contributed by atoms with Crippen molar-refractivity contribution in [3.05, 3.63) is 29.7 Å². The largest absolute Gasteiger partial charge is 0.444 e. The molecule has 1 aliphatic heterocycles. The topological polar surface area (TPSA) is 115 Å². The summed E-state index contributed by atoms with van der Waals surface area (Å²) < 4.78 is 40.3.